The molecular formula is C10H14O. The van der Waals surface area contributed by atoms with Gasteiger partial charge in [0.1, 0.15) is 6.29 Å². The minimum absolute atomic E-state index is 0.837. The normalized spacial score (nSPS) is 18.4. The molecular weight excluding hydrogens is 136 g/mol. The standard InChI is InChI=1S/C10H14O/c11-9-5-4-8-10-6-2-1-3-7-10/h4-6,9H,1-3,7-8H2/b5-4+. The number of carbonyl (C=O) groups excluding carboxylic acids is 1. The van der Waals surface area contributed by atoms with Crippen LogP contribution in [0.1, 0.15) is 32.1 Å². The predicted molar refractivity (Wildman–Crippen MR) is 46.4 cm³/mol. The molecule has 1 nitrogen and oxygen atoms in total. The molecule has 0 bridgehead atoms. The first-order valence-electron chi connectivity index (χ1n) is 4.21. The molecule has 11 heavy (non-hydrogen) atoms. The van der Waals surface area contributed by atoms with E-state index in [2.05, 4.69) is 6.08 Å². The van der Waals surface area contributed by atoms with Gasteiger partial charge in [0.25, 0.3) is 0 Å². The highest BCUT2D eigenvalue weighted by Gasteiger charge is 2.00. The summed E-state index contributed by atoms with van der Waals surface area (Å²) in [5.74, 6) is 0. The quantitative estimate of drug-likeness (QED) is 0.343. The second-order valence-corrected chi connectivity index (χ2v) is 2.88. The second-order valence-electron chi connectivity index (χ2n) is 2.88. The molecule has 0 saturated carbocycles. The third-order valence-electron chi connectivity index (χ3n) is 1.98. The third-order valence-corrected chi connectivity index (χ3v) is 1.98. The zero-order chi connectivity index (χ0) is 7.94. The first kappa shape index (κ1) is 8.25. The van der Waals surface area contributed by atoms with Crippen LogP contribution in [0.4, 0.5) is 0 Å². The lowest BCUT2D eigenvalue weighted by molar-refractivity contribution is -0.104. The van der Waals surface area contributed by atoms with Crippen molar-refractivity contribution in [2.45, 2.75) is 32.1 Å². The van der Waals surface area contributed by atoms with Crippen LogP contribution in [-0.4, -0.2) is 6.29 Å². The summed E-state index contributed by atoms with van der Waals surface area (Å²) in [7, 11) is 0. The first-order valence-corrected chi connectivity index (χ1v) is 4.21. The van der Waals surface area contributed by atoms with Crippen molar-refractivity contribution in [3.63, 3.8) is 0 Å². The van der Waals surface area contributed by atoms with Gasteiger partial charge >= 0.3 is 0 Å². The Morgan fingerprint density at radius 3 is 3.00 bits per heavy atom. The van der Waals surface area contributed by atoms with Crippen LogP contribution in [0.15, 0.2) is 23.8 Å². The molecule has 0 aromatic carbocycles. The fraction of sp³-hybridized carbons (Fsp3) is 0.500. The smallest absolute Gasteiger partial charge is 0.142 e. The minimum atomic E-state index is 0.837. The minimum Gasteiger partial charge on any atom is -0.299 e. The number of allylic oxidation sites excluding steroid dienone is 4. The van der Waals surface area contributed by atoms with Crippen molar-refractivity contribution in [3.8, 4) is 0 Å². The van der Waals surface area contributed by atoms with Gasteiger partial charge < -0.3 is 0 Å². The van der Waals surface area contributed by atoms with E-state index in [4.69, 9.17) is 0 Å². The highest BCUT2D eigenvalue weighted by Crippen LogP contribution is 2.19. The average Bonchev–Trinajstić information content (AvgIpc) is 2.07. The molecule has 0 heterocycles. The first-order chi connectivity index (χ1) is 5.43. The Labute approximate surface area is 67.8 Å². The zero-order valence-corrected chi connectivity index (χ0v) is 6.75. The molecule has 0 fully saturated rings. The second kappa shape index (κ2) is 4.89. The fourth-order valence-electron chi connectivity index (χ4n) is 1.37. The highest BCUT2D eigenvalue weighted by atomic mass is 16.1. The van der Waals surface area contributed by atoms with E-state index in [-0.39, 0.29) is 0 Å². The van der Waals surface area contributed by atoms with Gasteiger partial charge in [-0.3, -0.25) is 4.79 Å². The van der Waals surface area contributed by atoms with E-state index in [0.717, 1.165) is 12.7 Å². The summed E-state index contributed by atoms with van der Waals surface area (Å²) in [5, 5.41) is 0. The number of hydrogen-bond acceptors (Lipinski definition) is 1. The van der Waals surface area contributed by atoms with Gasteiger partial charge in [-0.1, -0.05) is 17.7 Å². The molecule has 0 saturated heterocycles. The van der Waals surface area contributed by atoms with Gasteiger partial charge in [-0.15, -0.1) is 0 Å². The molecule has 0 N–H and O–H groups in total. The van der Waals surface area contributed by atoms with Gasteiger partial charge in [0.05, 0.1) is 0 Å². The number of rotatable bonds is 3. The molecule has 0 amide bonds. The van der Waals surface area contributed by atoms with E-state index in [1.807, 2.05) is 6.08 Å². The van der Waals surface area contributed by atoms with E-state index >= 15 is 0 Å². The number of carbonyl (C=O) groups is 1. The zero-order valence-electron chi connectivity index (χ0n) is 6.75. The molecule has 0 aromatic rings. The van der Waals surface area contributed by atoms with Crippen molar-refractivity contribution in [1.29, 1.82) is 0 Å². The largest absolute Gasteiger partial charge is 0.299 e. The van der Waals surface area contributed by atoms with Crippen LogP contribution >= 0.6 is 0 Å². The van der Waals surface area contributed by atoms with Crippen LogP contribution in [0.2, 0.25) is 0 Å². The van der Waals surface area contributed by atoms with Gasteiger partial charge in [0.15, 0.2) is 0 Å². The van der Waals surface area contributed by atoms with Crippen molar-refractivity contribution >= 4 is 6.29 Å². The molecule has 0 spiro atoms. The summed E-state index contributed by atoms with van der Waals surface area (Å²) in [5.41, 5.74) is 1.49. The van der Waals surface area contributed by atoms with E-state index in [1.54, 1.807) is 6.08 Å². The Balaban J connectivity index is 2.29. The summed E-state index contributed by atoms with van der Waals surface area (Å²) < 4.78 is 0. The van der Waals surface area contributed by atoms with E-state index in [1.165, 1.54) is 31.3 Å². The monoisotopic (exact) mass is 150 g/mol. The SMILES string of the molecule is O=C/C=C/CC1=CCCCC1. The predicted octanol–water partition coefficient (Wildman–Crippen LogP) is 2.63. The number of aldehydes is 1. The third kappa shape index (κ3) is 3.17. The van der Waals surface area contributed by atoms with Gasteiger partial charge in [-0.05, 0) is 38.2 Å². The average molecular weight is 150 g/mol. The van der Waals surface area contributed by atoms with Crippen LogP contribution in [-0.2, 0) is 4.79 Å². The van der Waals surface area contributed by atoms with Gasteiger partial charge in [0, 0.05) is 0 Å². The van der Waals surface area contributed by atoms with Crippen molar-refractivity contribution < 1.29 is 4.79 Å². The molecule has 1 aliphatic rings. The maximum Gasteiger partial charge on any atom is 0.142 e. The molecule has 0 radical (unpaired) electrons. The Morgan fingerprint density at radius 2 is 2.36 bits per heavy atom. The van der Waals surface area contributed by atoms with E-state index in [9.17, 15) is 4.79 Å². The maximum atomic E-state index is 9.94. The molecule has 0 aliphatic heterocycles. The lowest BCUT2D eigenvalue weighted by Gasteiger charge is -2.09. The van der Waals surface area contributed by atoms with Crippen LogP contribution in [0, 0.1) is 0 Å². The molecule has 1 rings (SSSR count). The van der Waals surface area contributed by atoms with Crippen LogP contribution in [0.5, 0.6) is 0 Å². The van der Waals surface area contributed by atoms with Gasteiger partial charge in [-0.25, -0.2) is 0 Å². The van der Waals surface area contributed by atoms with Gasteiger partial charge in [-0.2, -0.15) is 0 Å². The van der Waals surface area contributed by atoms with E-state index in [0.29, 0.717) is 0 Å². The summed E-state index contributed by atoms with van der Waals surface area (Å²) in [4.78, 5) is 9.94. The highest BCUT2D eigenvalue weighted by molar-refractivity contribution is 5.64. The summed E-state index contributed by atoms with van der Waals surface area (Å²) in [6, 6.07) is 0. The Morgan fingerprint density at radius 1 is 1.45 bits per heavy atom. The molecule has 1 heteroatoms. The van der Waals surface area contributed by atoms with Crippen LogP contribution < -0.4 is 0 Å². The maximum absolute atomic E-state index is 9.94. The van der Waals surface area contributed by atoms with Crippen LogP contribution in [0.3, 0.4) is 0 Å². The van der Waals surface area contributed by atoms with Crippen molar-refractivity contribution in [3.05, 3.63) is 23.8 Å². The van der Waals surface area contributed by atoms with Crippen molar-refractivity contribution in [1.82, 2.24) is 0 Å². The van der Waals surface area contributed by atoms with Crippen molar-refractivity contribution in [2.75, 3.05) is 0 Å². The van der Waals surface area contributed by atoms with Crippen LogP contribution in [0.25, 0.3) is 0 Å². The summed E-state index contributed by atoms with van der Waals surface area (Å²) in [6.45, 7) is 0. The molecule has 1 aliphatic carbocycles. The topological polar surface area (TPSA) is 17.1 Å². The molecule has 0 unspecified atom stereocenters. The summed E-state index contributed by atoms with van der Waals surface area (Å²) in [6.07, 6.45) is 12.7. The van der Waals surface area contributed by atoms with Crippen molar-refractivity contribution in [2.24, 2.45) is 0 Å². The number of hydrogen-bond donors (Lipinski definition) is 0. The lowest BCUT2D eigenvalue weighted by atomic mass is 9.97. The van der Waals surface area contributed by atoms with Gasteiger partial charge in [0.2, 0.25) is 0 Å². The molecule has 60 valence electrons. The Kier molecular flexibility index (Phi) is 3.67. The lowest BCUT2D eigenvalue weighted by Crippen LogP contribution is -1.89. The molecule has 0 aromatic heterocycles. The summed E-state index contributed by atoms with van der Waals surface area (Å²) >= 11 is 0. The molecule has 0 atom stereocenters. The fourth-order valence-corrected chi connectivity index (χ4v) is 1.37. The Hall–Kier alpha value is -0.850. The Bertz CT molecular complexity index is 177. The van der Waals surface area contributed by atoms with E-state index < -0.39 is 0 Å².